The standard InChI is InChI=1S/C18H13ClN2/c1-21-13-15(12-11-14-7-3-2-4-8-14)18(20-21)16-9-5-6-10-17(16)19/h2-10,13H,1H3. The van der Waals surface area contributed by atoms with Gasteiger partial charge in [-0.25, -0.2) is 0 Å². The van der Waals surface area contributed by atoms with E-state index >= 15 is 0 Å². The number of aromatic nitrogens is 2. The van der Waals surface area contributed by atoms with Gasteiger partial charge in [0.25, 0.3) is 0 Å². The summed E-state index contributed by atoms with van der Waals surface area (Å²) in [6.45, 7) is 0. The van der Waals surface area contributed by atoms with Crippen LogP contribution in [0.25, 0.3) is 11.3 Å². The van der Waals surface area contributed by atoms with Crippen LogP contribution in [0.1, 0.15) is 11.1 Å². The van der Waals surface area contributed by atoms with E-state index in [9.17, 15) is 0 Å². The highest BCUT2D eigenvalue weighted by atomic mass is 35.5. The van der Waals surface area contributed by atoms with Gasteiger partial charge in [-0.3, -0.25) is 4.68 Å². The molecule has 102 valence electrons. The van der Waals surface area contributed by atoms with E-state index < -0.39 is 0 Å². The maximum absolute atomic E-state index is 6.26. The molecule has 0 unspecified atom stereocenters. The molecule has 0 saturated carbocycles. The van der Waals surface area contributed by atoms with E-state index in [2.05, 4.69) is 16.9 Å². The zero-order chi connectivity index (χ0) is 14.7. The van der Waals surface area contributed by atoms with Gasteiger partial charge >= 0.3 is 0 Å². The van der Waals surface area contributed by atoms with Crippen LogP contribution in [0.3, 0.4) is 0 Å². The fraction of sp³-hybridized carbons (Fsp3) is 0.0556. The third kappa shape index (κ3) is 2.99. The van der Waals surface area contributed by atoms with Gasteiger partial charge in [-0.1, -0.05) is 59.8 Å². The van der Waals surface area contributed by atoms with Crippen molar-refractivity contribution in [1.29, 1.82) is 0 Å². The molecule has 1 heterocycles. The molecule has 0 aliphatic heterocycles. The van der Waals surface area contributed by atoms with Gasteiger partial charge in [-0.05, 0) is 18.2 Å². The Hall–Kier alpha value is -2.50. The topological polar surface area (TPSA) is 17.8 Å². The van der Waals surface area contributed by atoms with Crippen molar-refractivity contribution in [3.63, 3.8) is 0 Å². The Morgan fingerprint density at radius 1 is 0.952 bits per heavy atom. The monoisotopic (exact) mass is 292 g/mol. The SMILES string of the molecule is Cn1cc(C#Cc2ccccc2)c(-c2ccccc2Cl)n1. The first kappa shape index (κ1) is 13.5. The van der Waals surface area contributed by atoms with Crippen molar-refractivity contribution in [3.05, 3.63) is 76.9 Å². The Bertz CT molecular complexity index is 823. The van der Waals surface area contributed by atoms with Crippen LogP contribution < -0.4 is 0 Å². The smallest absolute Gasteiger partial charge is 0.109 e. The highest BCUT2D eigenvalue weighted by Crippen LogP contribution is 2.28. The Kier molecular flexibility index (Phi) is 3.77. The third-order valence-electron chi connectivity index (χ3n) is 3.07. The van der Waals surface area contributed by atoms with Gasteiger partial charge in [0.1, 0.15) is 5.69 Å². The molecule has 2 aromatic carbocycles. The van der Waals surface area contributed by atoms with E-state index in [4.69, 9.17) is 11.6 Å². The lowest BCUT2D eigenvalue weighted by Gasteiger charge is -2.00. The maximum Gasteiger partial charge on any atom is 0.109 e. The van der Waals surface area contributed by atoms with Crippen molar-refractivity contribution in [3.8, 4) is 23.1 Å². The van der Waals surface area contributed by atoms with Crippen LogP contribution in [0.15, 0.2) is 60.8 Å². The second kappa shape index (κ2) is 5.87. The first-order valence-electron chi connectivity index (χ1n) is 6.59. The zero-order valence-corrected chi connectivity index (χ0v) is 12.3. The van der Waals surface area contributed by atoms with Crippen molar-refractivity contribution >= 4 is 11.6 Å². The van der Waals surface area contributed by atoms with Gasteiger partial charge in [-0.2, -0.15) is 5.10 Å². The molecule has 0 amide bonds. The van der Waals surface area contributed by atoms with Crippen LogP contribution in [0.5, 0.6) is 0 Å². The second-order valence-corrected chi connectivity index (χ2v) is 5.07. The largest absolute Gasteiger partial charge is 0.274 e. The van der Waals surface area contributed by atoms with Crippen LogP contribution >= 0.6 is 11.6 Å². The molecule has 0 fully saturated rings. The lowest BCUT2D eigenvalue weighted by Crippen LogP contribution is -1.88. The molecule has 1 aromatic heterocycles. The summed E-state index contributed by atoms with van der Waals surface area (Å²) in [6, 6.07) is 17.6. The number of rotatable bonds is 1. The number of benzene rings is 2. The molecule has 0 aliphatic carbocycles. The molecular formula is C18H13ClN2. The lowest BCUT2D eigenvalue weighted by atomic mass is 10.1. The summed E-state index contributed by atoms with van der Waals surface area (Å²) in [7, 11) is 1.88. The predicted octanol–water partition coefficient (Wildman–Crippen LogP) is 4.14. The van der Waals surface area contributed by atoms with Gasteiger partial charge < -0.3 is 0 Å². The summed E-state index contributed by atoms with van der Waals surface area (Å²) in [5.74, 6) is 6.34. The number of halogens is 1. The Labute approximate surface area is 129 Å². The molecule has 0 bridgehead atoms. The number of hydrogen-bond donors (Lipinski definition) is 0. The Morgan fingerprint density at radius 3 is 2.43 bits per heavy atom. The van der Waals surface area contributed by atoms with Crippen molar-refractivity contribution in [2.45, 2.75) is 0 Å². The summed E-state index contributed by atoms with van der Waals surface area (Å²) in [6.07, 6.45) is 1.91. The van der Waals surface area contributed by atoms with Crippen LogP contribution in [0.2, 0.25) is 5.02 Å². The molecule has 0 aliphatic rings. The number of hydrogen-bond acceptors (Lipinski definition) is 1. The van der Waals surface area contributed by atoms with Crippen LogP contribution in [0.4, 0.5) is 0 Å². The molecule has 0 radical (unpaired) electrons. The molecule has 0 spiro atoms. The van der Waals surface area contributed by atoms with Gasteiger partial charge in [0.15, 0.2) is 0 Å². The average molecular weight is 293 g/mol. The molecular weight excluding hydrogens is 280 g/mol. The van der Waals surface area contributed by atoms with Gasteiger partial charge in [0, 0.05) is 24.4 Å². The maximum atomic E-state index is 6.26. The fourth-order valence-electron chi connectivity index (χ4n) is 2.09. The first-order chi connectivity index (χ1) is 10.2. The molecule has 3 heteroatoms. The summed E-state index contributed by atoms with van der Waals surface area (Å²) >= 11 is 6.26. The molecule has 0 N–H and O–H groups in total. The summed E-state index contributed by atoms with van der Waals surface area (Å²) in [5, 5.41) is 5.16. The van der Waals surface area contributed by atoms with E-state index in [1.165, 1.54) is 0 Å². The highest BCUT2D eigenvalue weighted by molar-refractivity contribution is 6.33. The van der Waals surface area contributed by atoms with Crippen molar-refractivity contribution in [1.82, 2.24) is 9.78 Å². The summed E-state index contributed by atoms with van der Waals surface area (Å²) < 4.78 is 1.76. The number of nitrogens with zero attached hydrogens (tertiary/aromatic N) is 2. The van der Waals surface area contributed by atoms with Crippen molar-refractivity contribution in [2.75, 3.05) is 0 Å². The van der Waals surface area contributed by atoms with Crippen molar-refractivity contribution < 1.29 is 0 Å². The minimum Gasteiger partial charge on any atom is -0.274 e. The fourth-order valence-corrected chi connectivity index (χ4v) is 2.32. The summed E-state index contributed by atoms with van der Waals surface area (Å²) in [4.78, 5) is 0. The molecule has 0 atom stereocenters. The quantitative estimate of drug-likeness (QED) is 0.616. The van der Waals surface area contributed by atoms with E-state index in [1.54, 1.807) is 4.68 Å². The van der Waals surface area contributed by atoms with E-state index in [-0.39, 0.29) is 0 Å². The van der Waals surface area contributed by atoms with Gasteiger partial charge in [-0.15, -0.1) is 0 Å². The molecule has 2 nitrogen and oxygen atoms in total. The van der Waals surface area contributed by atoms with Crippen LogP contribution in [-0.2, 0) is 7.05 Å². The summed E-state index contributed by atoms with van der Waals surface area (Å²) in [5.41, 5.74) is 3.56. The number of aryl methyl sites for hydroxylation is 1. The minimum absolute atomic E-state index is 0.680. The Morgan fingerprint density at radius 2 is 1.67 bits per heavy atom. The average Bonchev–Trinajstić information content (AvgIpc) is 2.87. The van der Waals surface area contributed by atoms with Crippen LogP contribution in [-0.4, -0.2) is 9.78 Å². The molecule has 3 rings (SSSR count). The molecule has 21 heavy (non-hydrogen) atoms. The van der Waals surface area contributed by atoms with Crippen LogP contribution in [0, 0.1) is 11.8 Å². The third-order valence-corrected chi connectivity index (χ3v) is 3.40. The second-order valence-electron chi connectivity index (χ2n) is 4.66. The minimum atomic E-state index is 0.680. The highest BCUT2D eigenvalue weighted by Gasteiger charge is 2.11. The van der Waals surface area contributed by atoms with E-state index in [0.717, 1.165) is 22.4 Å². The normalized spacial score (nSPS) is 10.0. The van der Waals surface area contributed by atoms with Gasteiger partial charge in [0.2, 0.25) is 0 Å². The predicted molar refractivity (Wildman–Crippen MR) is 86.1 cm³/mol. The molecule has 3 aromatic rings. The first-order valence-corrected chi connectivity index (χ1v) is 6.97. The van der Waals surface area contributed by atoms with E-state index in [1.807, 2.05) is 67.8 Å². The Balaban J connectivity index is 2.06. The van der Waals surface area contributed by atoms with Gasteiger partial charge in [0.05, 0.1) is 10.6 Å². The van der Waals surface area contributed by atoms with Crippen molar-refractivity contribution in [2.24, 2.45) is 7.05 Å². The lowest BCUT2D eigenvalue weighted by molar-refractivity contribution is 0.771. The zero-order valence-electron chi connectivity index (χ0n) is 11.5. The molecule has 0 saturated heterocycles. The van der Waals surface area contributed by atoms with E-state index in [0.29, 0.717) is 5.02 Å².